The Morgan fingerprint density at radius 2 is 1.89 bits per heavy atom. The monoisotopic (exact) mass is 303 g/mol. The van der Waals surface area contributed by atoms with Crippen molar-refractivity contribution in [1.29, 1.82) is 5.26 Å². The highest BCUT2D eigenvalue weighted by molar-refractivity contribution is 9.10. The van der Waals surface area contributed by atoms with Crippen LogP contribution in [0.1, 0.15) is 5.56 Å². The fourth-order valence-corrected chi connectivity index (χ4v) is 1.90. The molecule has 0 atom stereocenters. The molecule has 0 aliphatic heterocycles. The zero-order valence-electron chi connectivity index (χ0n) is 9.68. The van der Waals surface area contributed by atoms with E-state index in [0.29, 0.717) is 17.1 Å². The van der Waals surface area contributed by atoms with Gasteiger partial charge in [0.25, 0.3) is 0 Å². The standard InChI is InChI=1S/C14H10BrNO2/c1-17-11-6-7-14(12(15)8-11)18-13-5-3-2-4-10(13)9-16/h2-8H,1H3. The summed E-state index contributed by atoms with van der Waals surface area (Å²) in [5, 5.41) is 8.99. The summed E-state index contributed by atoms with van der Waals surface area (Å²) >= 11 is 3.40. The zero-order chi connectivity index (χ0) is 13.0. The van der Waals surface area contributed by atoms with Crippen LogP contribution in [0.5, 0.6) is 17.2 Å². The molecule has 0 N–H and O–H groups in total. The van der Waals surface area contributed by atoms with Gasteiger partial charge in [0.15, 0.2) is 0 Å². The van der Waals surface area contributed by atoms with Gasteiger partial charge in [-0.1, -0.05) is 12.1 Å². The molecule has 0 bridgehead atoms. The van der Waals surface area contributed by atoms with Gasteiger partial charge in [0.1, 0.15) is 23.3 Å². The summed E-state index contributed by atoms with van der Waals surface area (Å²) in [5.74, 6) is 1.91. The van der Waals surface area contributed by atoms with Gasteiger partial charge >= 0.3 is 0 Å². The molecule has 0 aliphatic rings. The van der Waals surface area contributed by atoms with E-state index in [1.807, 2.05) is 12.1 Å². The third-order valence-electron chi connectivity index (χ3n) is 2.37. The molecule has 0 saturated heterocycles. The number of hydrogen-bond donors (Lipinski definition) is 0. The smallest absolute Gasteiger partial charge is 0.145 e. The molecule has 0 saturated carbocycles. The molecule has 18 heavy (non-hydrogen) atoms. The van der Waals surface area contributed by atoms with Crippen LogP contribution in [0.15, 0.2) is 46.9 Å². The molecular weight excluding hydrogens is 294 g/mol. The Labute approximate surface area is 114 Å². The molecule has 0 radical (unpaired) electrons. The van der Waals surface area contributed by atoms with Gasteiger partial charge in [-0.25, -0.2) is 0 Å². The first-order chi connectivity index (χ1) is 8.74. The van der Waals surface area contributed by atoms with Crippen LogP contribution >= 0.6 is 15.9 Å². The van der Waals surface area contributed by atoms with Crippen LogP contribution < -0.4 is 9.47 Å². The van der Waals surface area contributed by atoms with E-state index in [9.17, 15) is 0 Å². The number of methoxy groups -OCH3 is 1. The van der Waals surface area contributed by atoms with Crippen LogP contribution in [0.4, 0.5) is 0 Å². The third kappa shape index (κ3) is 2.63. The van der Waals surface area contributed by atoms with E-state index in [1.165, 1.54) is 0 Å². The number of nitrogens with zero attached hydrogens (tertiary/aromatic N) is 1. The lowest BCUT2D eigenvalue weighted by Crippen LogP contribution is -1.90. The van der Waals surface area contributed by atoms with Gasteiger partial charge in [0, 0.05) is 0 Å². The van der Waals surface area contributed by atoms with Crippen LogP contribution in [0.2, 0.25) is 0 Å². The molecular formula is C14H10BrNO2. The number of para-hydroxylation sites is 1. The van der Waals surface area contributed by atoms with Gasteiger partial charge < -0.3 is 9.47 Å². The van der Waals surface area contributed by atoms with E-state index in [1.54, 1.807) is 37.4 Å². The molecule has 2 aromatic rings. The van der Waals surface area contributed by atoms with E-state index < -0.39 is 0 Å². The molecule has 0 amide bonds. The van der Waals surface area contributed by atoms with Gasteiger partial charge in [-0.2, -0.15) is 5.26 Å². The lowest BCUT2D eigenvalue weighted by Gasteiger charge is -2.10. The molecule has 0 aliphatic carbocycles. The Kier molecular flexibility index (Phi) is 3.85. The van der Waals surface area contributed by atoms with Crippen LogP contribution in [-0.4, -0.2) is 7.11 Å². The minimum absolute atomic E-state index is 0.500. The van der Waals surface area contributed by atoms with Crippen molar-refractivity contribution in [3.05, 3.63) is 52.5 Å². The summed E-state index contributed by atoms with van der Waals surface area (Å²) in [4.78, 5) is 0. The maximum Gasteiger partial charge on any atom is 0.145 e. The first kappa shape index (κ1) is 12.5. The van der Waals surface area contributed by atoms with Crippen molar-refractivity contribution >= 4 is 15.9 Å². The Balaban J connectivity index is 2.32. The molecule has 90 valence electrons. The largest absolute Gasteiger partial charge is 0.497 e. The Hall–Kier alpha value is -1.99. The summed E-state index contributed by atoms with van der Waals surface area (Å²) in [6, 6.07) is 14.6. The van der Waals surface area contributed by atoms with Crippen molar-refractivity contribution in [3.8, 4) is 23.3 Å². The molecule has 4 heteroatoms. The van der Waals surface area contributed by atoms with E-state index in [-0.39, 0.29) is 0 Å². The Morgan fingerprint density at radius 1 is 1.11 bits per heavy atom. The van der Waals surface area contributed by atoms with Crippen molar-refractivity contribution in [1.82, 2.24) is 0 Å². The molecule has 0 aromatic heterocycles. The SMILES string of the molecule is COc1ccc(Oc2ccccc2C#N)c(Br)c1. The van der Waals surface area contributed by atoms with Crippen LogP contribution in [-0.2, 0) is 0 Å². The number of nitriles is 1. The maximum absolute atomic E-state index is 8.99. The highest BCUT2D eigenvalue weighted by atomic mass is 79.9. The number of halogens is 1. The van der Waals surface area contributed by atoms with E-state index in [2.05, 4.69) is 22.0 Å². The van der Waals surface area contributed by atoms with Gasteiger partial charge in [-0.05, 0) is 46.3 Å². The van der Waals surface area contributed by atoms with Crippen LogP contribution in [0, 0.1) is 11.3 Å². The average Bonchev–Trinajstić information content (AvgIpc) is 2.41. The predicted octanol–water partition coefficient (Wildman–Crippen LogP) is 4.12. The highest BCUT2D eigenvalue weighted by Crippen LogP contribution is 2.33. The van der Waals surface area contributed by atoms with Gasteiger partial charge in [0.2, 0.25) is 0 Å². The molecule has 0 fully saturated rings. The molecule has 2 rings (SSSR count). The van der Waals surface area contributed by atoms with Crippen molar-refractivity contribution in [2.45, 2.75) is 0 Å². The van der Waals surface area contributed by atoms with Gasteiger partial charge in [0.05, 0.1) is 17.1 Å². The summed E-state index contributed by atoms with van der Waals surface area (Å²) in [6.07, 6.45) is 0. The molecule has 2 aromatic carbocycles. The first-order valence-electron chi connectivity index (χ1n) is 5.25. The number of rotatable bonds is 3. The van der Waals surface area contributed by atoms with E-state index in [4.69, 9.17) is 14.7 Å². The summed E-state index contributed by atoms with van der Waals surface area (Å²) in [6.45, 7) is 0. The maximum atomic E-state index is 8.99. The lowest BCUT2D eigenvalue weighted by molar-refractivity contribution is 0.412. The summed E-state index contributed by atoms with van der Waals surface area (Å²) < 4.78 is 11.6. The Bertz CT molecular complexity index is 605. The minimum Gasteiger partial charge on any atom is -0.497 e. The summed E-state index contributed by atoms with van der Waals surface area (Å²) in [5.41, 5.74) is 0.500. The fraction of sp³-hybridized carbons (Fsp3) is 0.0714. The quantitative estimate of drug-likeness (QED) is 0.856. The lowest BCUT2D eigenvalue weighted by atomic mass is 10.2. The average molecular weight is 304 g/mol. The van der Waals surface area contributed by atoms with Crippen molar-refractivity contribution < 1.29 is 9.47 Å². The fourth-order valence-electron chi connectivity index (χ4n) is 1.46. The molecule has 0 heterocycles. The second-order valence-corrected chi connectivity index (χ2v) is 4.36. The zero-order valence-corrected chi connectivity index (χ0v) is 11.3. The predicted molar refractivity (Wildman–Crippen MR) is 71.9 cm³/mol. The van der Waals surface area contributed by atoms with E-state index >= 15 is 0 Å². The normalized spacial score (nSPS) is 9.61. The van der Waals surface area contributed by atoms with Crippen LogP contribution in [0.25, 0.3) is 0 Å². The van der Waals surface area contributed by atoms with Gasteiger partial charge in [-0.3, -0.25) is 0 Å². The second kappa shape index (κ2) is 5.56. The minimum atomic E-state index is 0.500. The van der Waals surface area contributed by atoms with Crippen molar-refractivity contribution in [2.24, 2.45) is 0 Å². The number of hydrogen-bond acceptors (Lipinski definition) is 3. The van der Waals surface area contributed by atoms with Crippen LogP contribution in [0.3, 0.4) is 0 Å². The number of benzene rings is 2. The third-order valence-corrected chi connectivity index (χ3v) is 2.99. The highest BCUT2D eigenvalue weighted by Gasteiger charge is 2.07. The molecule has 0 unspecified atom stereocenters. The molecule has 3 nitrogen and oxygen atoms in total. The number of ether oxygens (including phenoxy) is 2. The molecule has 0 spiro atoms. The van der Waals surface area contributed by atoms with Crippen molar-refractivity contribution in [2.75, 3.05) is 7.11 Å². The first-order valence-corrected chi connectivity index (χ1v) is 6.04. The second-order valence-electron chi connectivity index (χ2n) is 3.51. The van der Waals surface area contributed by atoms with E-state index in [0.717, 1.165) is 10.2 Å². The van der Waals surface area contributed by atoms with Gasteiger partial charge in [-0.15, -0.1) is 0 Å². The Morgan fingerprint density at radius 3 is 2.56 bits per heavy atom. The topological polar surface area (TPSA) is 42.2 Å². The summed E-state index contributed by atoms with van der Waals surface area (Å²) in [7, 11) is 1.60. The van der Waals surface area contributed by atoms with Crippen molar-refractivity contribution in [3.63, 3.8) is 0 Å².